The van der Waals surface area contributed by atoms with E-state index in [4.69, 9.17) is 0 Å². The van der Waals surface area contributed by atoms with E-state index in [-0.39, 0.29) is 18.7 Å². The van der Waals surface area contributed by atoms with Gasteiger partial charge in [0.15, 0.2) is 0 Å². The molecule has 0 bridgehead atoms. The Kier molecular flexibility index (Phi) is 3.15. The van der Waals surface area contributed by atoms with Crippen LogP contribution >= 0.6 is 0 Å². The maximum atomic E-state index is 13.0. The van der Waals surface area contributed by atoms with Gasteiger partial charge in [-0.05, 0) is 19.8 Å². The molecule has 0 unspecified atom stereocenters. The molecule has 1 fully saturated rings. The molecule has 0 amide bonds. The van der Waals surface area contributed by atoms with E-state index in [1.165, 1.54) is 6.92 Å². The van der Waals surface area contributed by atoms with Gasteiger partial charge in [0.2, 0.25) is 5.78 Å². The van der Waals surface area contributed by atoms with E-state index < -0.39 is 11.5 Å². The van der Waals surface area contributed by atoms with Crippen molar-refractivity contribution in [2.45, 2.75) is 38.7 Å². The molecule has 0 saturated carbocycles. The number of likely N-dealkylation sites (tertiary alicyclic amines) is 1. The molecule has 0 radical (unpaired) electrons. The molecule has 0 spiro atoms. The number of halogens is 2. The molecule has 1 rings (SSSR count). The van der Waals surface area contributed by atoms with Crippen molar-refractivity contribution < 1.29 is 13.6 Å². The number of alkyl halides is 2. The van der Waals surface area contributed by atoms with Gasteiger partial charge in [-0.2, -0.15) is 0 Å². The van der Waals surface area contributed by atoms with Crippen LogP contribution in [0.15, 0.2) is 0 Å². The number of rotatable bonds is 1. The summed E-state index contributed by atoms with van der Waals surface area (Å²) in [5, 5.41) is 0. The molecule has 0 aromatic rings. The van der Waals surface area contributed by atoms with E-state index in [0.717, 1.165) is 0 Å². The summed E-state index contributed by atoms with van der Waals surface area (Å²) < 4.78 is 25.9. The van der Waals surface area contributed by atoms with Crippen molar-refractivity contribution >= 4 is 5.78 Å². The summed E-state index contributed by atoms with van der Waals surface area (Å²) in [6.07, 6.45) is -0.127. The fraction of sp³-hybridized carbons (Fsp3) is 0.727. The summed E-state index contributed by atoms with van der Waals surface area (Å²) in [6, 6.07) is 0. The van der Waals surface area contributed by atoms with E-state index >= 15 is 0 Å². The van der Waals surface area contributed by atoms with Gasteiger partial charge in [-0.25, -0.2) is 8.78 Å². The summed E-state index contributed by atoms with van der Waals surface area (Å²) in [5.41, 5.74) is -0.661. The lowest BCUT2D eigenvalue weighted by atomic mass is 10.0. The van der Waals surface area contributed by atoms with E-state index in [0.29, 0.717) is 6.54 Å². The number of carbonyl (C=O) groups is 1. The highest BCUT2D eigenvalue weighted by Crippen LogP contribution is 2.31. The Morgan fingerprint density at radius 3 is 2.47 bits per heavy atom. The van der Waals surface area contributed by atoms with Gasteiger partial charge in [0.25, 0.3) is 5.92 Å². The second-order valence-electron chi connectivity index (χ2n) is 4.39. The van der Waals surface area contributed by atoms with Crippen LogP contribution in [0.25, 0.3) is 0 Å². The number of carbonyl (C=O) groups excluding carboxylic acids is 1. The number of nitrogens with zero attached hydrogens (tertiary/aromatic N) is 1. The molecule has 1 aliphatic heterocycles. The van der Waals surface area contributed by atoms with Crippen molar-refractivity contribution in [2.24, 2.45) is 0 Å². The van der Waals surface area contributed by atoms with Crippen LogP contribution in [0.4, 0.5) is 8.78 Å². The van der Waals surface area contributed by atoms with E-state index in [1.807, 2.05) is 0 Å². The van der Waals surface area contributed by atoms with Gasteiger partial charge >= 0.3 is 0 Å². The van der Waals surface area contributed by atoms with Crippen LogP contribution in [0.2, 0.25) is 0 Å². The molecular weight excluding hydrogens is 200 g/mol. The minimum Gasteiger partial charge on any atom is -0.285 e. The average Bonchev–Trinajstić information content (AvgIpc) is 2.43. The third-order valence-electron chi connectivity index (χ3n) is 2.50. The highest BCUT2D eigenvalue weighted by molar-refractivity contribution is 5.93. The first kappa shape index (κ1) is 12.1. The number of hydrogen-bond donors (Lipinski definition) is 0. The first-order chi connectivity index (χ1) is 6.73. The molecule has 4 heteroatoms. The second-order valence-corrected chi connectivity index (χ2v) is 4.39. The van der Waals surface area contributed by atoms with Crippen molar-refractivity contribution in [2.75, 3.05) is 13.1 Å². The summed E-state index contributed by atoms with van der Waals surface area (Å²) in [7, 11) is 0. The summed E-state index contributed by atoms with van der Waals surface area (Å²) in [4.78, 5) is 12.3. The topological polar surface area (TPSA) is 20.3 Å². The Balaban J connectivity index is 2.73. The zero-order chi connectivity index (χ0) is 11.7. The van der Waals surface area contributed by atoms with Gasteiger partial charge in [-0.3, -0.25) is 9.69 Å². The number of hydrogen-bond acceptors (Lipinski definition) is 2. The fourth-order valence-corrected chi connectivity index (χ4v) is 1.53. The first-order valence-electron chi connectivity index (χ1n) is 4.90. The van der Waals surface area contributed by atoms with Crippen LogP contribution in [0, 0.1) is 11.8 Å². The molecule has 0 aromatic carbocycles. The van der Waals surface area contributed by atoms with Gasteiger partial charge in [-0.15, -0.1) is 0 Å². The number of ketones is 1. The van der Waals surface area contributed by atoms with E-state index in [1.54, 1.807) is 18.7 Å². The summed E-state index contributed by atoms with van der Waals surface area (Å²) >= 11 is 0. The minimum absolute atomic E-state index is 0.127. The lowest BCUT2D eigenvalue weighted by molar-refractivity contribution is -0.111. The van der Waals surface area contributed by atoms with Crippen LogP contribution in [0.1, 0.15) is 27.2 Å². The zero-order valence-electron chi connectivity index (χ0n) is 9.23. The van der Waals surface area contributed by atoms with Crippen molar-refractivity contribution in [3.8, 4) is 11.8 Å². The maximum absolute atomic E-state index is 13.0. The maximum Gasteiger partial charge on any atom is 0.261 e. The van der Waals surface area contributed by atoms with Crippen LogP contribution in [-0.4, -0.2) is 35.2 Å². The van der Waals surface area contributed by atoms with Gasteiger partial charge < -0.3 is 0 Å². The molecule has 84 valence electrons. The van der Waals surface area contributed by atoms with E-state index in [2.05, 4.69) is 11.8 Å². The molecular formula is C11H15F2NO. The normalized spacial score (nSPS) is 20.9. The highest BCUT2D eigenvalue weighted by atomic mass is 19.3. The Morgan fingerprint density at radius 1 is 1.47 bits per heavy atom. The Labute approximate surface area is 88.6 Å². The van der Waals surface area contributed by atoms with Crippen molar-refractivity contribution in [1.82, 2.24) is 4.90 Å². The van der Waals surface area contributed by atoms with Gasteiger partial charge in [0.1, 0.15) is 0 Å². The molecule has 0 aromatic heterocycles. The van der Waals surface area contributed by atoms with E-state index in [9.17, 15) is 13.6 Å². The number of Topliss-reactive ketones (excluding diaryl/α,β-unsaturated/α-hetero) is 1. The standard InChI is InChI=1S/C11H15F2NO/c1-9(15)4-5-10(2,3)14-7-6-11(12,13)8-14/h6-8H2,1-3H3. The van der Waals surface area contributed by atoms with Gasteiger partial charge in [0.05, 0.1) is 12.1 Å². The third-order valence-corrected chi connectivity index (χ3v) is 2.50. The Bertz CT molecular complexity index is 325. The van der Waals surface area contributed by atoms with Gasteiger partial charge in [0, 0.05) is 19.9 Å². The predicted octanol–water partition coefficient (Wildman–Crippen LogP) is 1.70. The van der Waals surface area contributed by atoms with Crippen molar-refractivity contribution in [1.29, 1.82) is 0 Å². The summed E-state index contributed by atoms with van der Waals surface area (Å²) in [5.74, 6) is 2.29. The molecule has 1 aliphatic rings. The average molecular weight is 215 g/mol. The van der Waals surface area contributed by atoms with Crippen molar-refractivity contribution in [3.05, 3.63) is 0 Å². The van der Waals surface area contributed by atoms with Crippen LogP contribution in [0.3, 0.4) is 0 Å². The first-order valence-corrected chi connectivity index (χ1v) is 4.90. The largest absolute Gasteiger partial charge is 0.285 e. The molecule has 15 heavy (non-hydrogen) atoms. The molecule has 2 nitrogen and oxygen atoms in total. The predicted molar refractivity (Wildman–Crippen MR) is 53.7 cm³/mol. The SMILES string of the molecule is CC(=O)C#CC(C)(C)N1CCC(F)(F)C1. The Hall–Kier alpha value is -0.950. The van der Waals surface area contributed by atoms with Crippen LogP contribution < -0.4 is 0 Å². The van der Waals surface area contributed by atoms with Gasteiger partial charge in [-0.1, -0.05) is 5.92 Å². The molecule has 0 N–H and O–H groups in total. The molecule has 0 aliphatic carbocycles. The molecule has 1 heterocycles. The van der Waals surface area contributed by atoms with Crippen LogP contribution in [-0.2, 0) is 4.79 Å². The fourth-order valence-electron chi connectivity index (χ4n) is 1.53. The smallest absolute Gasteiger partial charge is 0.261 e. The lowest BCUT2D eigenvalue weighted by Crippen LogP contribution is -2.42. The Morgan fingerprint density at radius 2 is 2.07 bits per heavy atom. The molecule has 0 atom stereocenters. The van der Waals surface area contributed by atoms with Crippen molar-refractivity contribution in [3.63, 3.8) is 0 Å². The quantitative estimate of drug-likeness (QED) is 0.490. The lowest BCUT2D eigenvalue weighted by Gasteiger charge is -2.30. The second kappa shape index (κ2) is 3.90. The third kappa shape index (κ3) is 3.28. The highest BCUT2D eigenvalue weighted by Gasteiger charge is 2.43. The monoisotopic (exact) mass is 215 g/mol. The minimum atomic E-state index is -2.62. The zero-order valence-corrected chi connectivity index (χ0v) is 9.23. The van der Waals surface area contributed by atoms with Crippen LogP contribution in [0.5, 0.6) is 0 Å². The molecule has 1 saturated heterocycles. The summed E-state index contributed by atoms with van der Waals surface area (Å²) in [6.45, 7) is 4.93.